The number of benzene rings is 2. The predicted molar refractivity (Wildman–Crippen MR) is 223 cm³/mol. The number of rotatable bonds is 8. The molecule has 2 aromatic carbocycles. The maximum absolute atomic E-state index is 14.8. The molecule has 2 aromatic rings. The maximum Gasteiger partial charge on any atom is 0.126 e. The summed E-state index contributed by atoms with van der Waals surface area (Å²) in [6.45, 7) is 20.4. The quantitative estimate of drug-likeness (QED) is 0.252. The van der Waals surface area contributed by atoms with Crippen LogP contribution in [0.15, 0.2) is 36.4 Å². The standard InChI is InChI=1S/C47H70NO2PS/c1-43(2,3)38-22-36(23-39(42(38)50-11)44(4,5)6)41(48(10)52(49)45(7,8)9)37-14-12-13-15-40(37)51(46-24-30-16-31(25-46)18-32(17-30)26-46)47-27-33-19-34(28-47)21-35(20-33)29-47/h12-15,22-23,30-35,41H,16-21,24-29H2,1-11H3/t30?,31?,32?,33?,34?,35?,41-,46?,47?,51?,52?/m0/s1. The monoisotopic (exact) mass is 743 g/mol. The second kappa shape index (κ2) is 12.9. The third kappa shape index (κ3) is 6.41. The van der Waals surface area contributed by atoms with Gasteiger partial charge in [0.1, 0.15) is 16.7 Å². The Morgan fingerprint density at radius 2 is 1.08 bits per heavy atom. The molecule has 8 bridgehead atoms. The lowest BCUT2D eigenvalue weighted by molar-refractivity contribution is 0.0195. The highest BCUT2D eigenvalue weighted by Gasteiger charge is 2.63. The summed E-state index contributed by atoms with van der Waals surface area (Å²) < 4.78 is 23.0. The Hall–Kier alpha value is -1.22. The summed E-state index contributed by atoms with van der Waals surface area (Å²) in [5.74, 6) is 6.65. The molecule has 10 rings (SSSR count). The van der Waals surface area contributed by atoms with Crippen LogP contribution in [-0.2, 0) is 21.8 Å². The van der Waals surface area contributed by atoms with Crippen molar-refractivity contribution in [2.75, 3.05) is 14.2 Å². The Morgan fingerprint density at radius 3 is 1.42 bits per heavy atom. The SMILES string of the molecule is COc1c(C(C)(C)C)cc([C@@H](c2ccccc2P(C23CC4CC(CC(C4)C2)C3)C23CC4CC(CC(C4)C2)C3)N(C)S(=O)C(C)(C)C)cc1C(C)(C)C. The van der Waals surface area contributed by atoms with Crippen LogP contribution >= 0.6 is 7.92 Å². The molecule has 0 amide bonds. The van der Waals surface area contributed by atoms with Crippen LogP contribution in [0.25, 0.3) is 0 Å². The van der Waals surface area contributed by atoms with E-state index < -0.39 is 18.9 Å². The molecule has 0 N–H and O–H groups in total. The van der Waals surface area contributed by atoms with Crippen LogP contribution < -0.4 is 10.0 Å². The van der Waals surface area contributed by atoms with Crippen molar-refractivity contribution in [1.29, 1.82) is 0 Å². The third-order valence-corrected chi connectivity index (χ3v) is 20.5. The summed E-state index contributed by atoms with van der Waals surface area (Å²) >= 11 is 0. The molecule has 0 aromatic heterocycles. The predicted octanol–water partition coefficient (Wildman–Crippen LogP) is 11.8. The van der Waals surface area contributed by atoms with Gasteiger partial charge < -0.3 is 4.74 Å². The second-order valence-corrected chi connectivity index (χ2v) is 27.5. The average Bonchev–Trinajstić information content (AvgIpc) is 3.02. The van der Waals surface area contributed by atoms with Gasteiger partial charge in [0.15, 0.2) is 0 Å². The van der Waals surface area contributed by atoms with Gasteiger partial charge in [0, 0.05) is 18.2 Å². The van der Waals surface area contributed by atoms with E-state index in [4.69, 9.17) is 4.74 Å². The minimum Gasteiger partial charge on any atom is -0.496 e. The molecule has 2 atom stereocenters. The van der Waals surface area contributed by atoms with Crippen LogP contribution in [-0.4, -0.2) is 37.7 Å². The Kier molecular flexibility index (Phi) is 9.36. The Morgan fingerprint density at radius 1 is 0.692 bits per heavy atom. The summed E-state index contributed by atoms with van der Waals surface area (Å²) in [5, 5.41) is 2.62. The lowest BCUT2D eigenvalue weighted by Crippen LogP contribution is -2.58. The molecule has 52 heavy (non-hydrogen) atoms. The number of hydrogen-bond donors (Lipinski definition) is 0. The minimum atomic E-state index is -1.21. The molecule has 5 heteroatoms. The van der Waals surface area contributed by atoms with Gasteiger partial charge in [-0.2, -0.15) is 0 Å². The normalized spacial score (nSPS) is 35.6. The van der Waals surface area contributed by atoms with Crippen molar-refractivity contribution < 1.29 is 8.95 Å². The van der Waals surface area contributed by atoms with Crippen LogP contribution in [0.4, 0.5) is 0 Å². The molecular weight excluding hydrogens is 674 g/mol. The molecule has 8 fully saturated rings. The van der Waals surface area contributed by atoms with Crippen molar-refractivity contribution in [2.24, 2.45) is 35.5 Å². The third-order valence-electron chi connectivity index (χ3n) is 14.8. The van der Waals surface area contributed by atoms with Gasteiger partial charge in [-0.05, 0) is 183 Å². The molecule has 0 saturated heterocycles. The van der Waals surface area contributed by atoms with Crippen LogP contribution in [0.2, 0.25) is 0 Å². The van der Waals surface area contributed by atoms with Crippen molar-refractivity contribution in [3.05, 3.63) is 58.7 Å². The first-order chi connectivity index (χ1) is 24.3. The highest BCUT2D eigenvalue weighted by molar-refractivity contribution is 7.84. The summed E-state index contributed by atoms with van der Waals surface area (Å²) in [6, 6.07) is 14.6. The van der Waals surface area contributed by atoms with E-state index >= 15 is 0 Å². The van der Waals surface area contributed by atoms with Crippen LogP contribution in [0, 0.1) is 35.5 Å². The van der Waals surface area contributed by atoms with Crippen molar-refractivity contribution in [3.8, 4) is 5.75 Å². The molecule has 1 unspecified atom stereocenters. The molecule has 8 aliphatic rings. The number of nitrogens with zero attached hydrogens (tertiary/aromatic N) is 1. The first kappa shape index (κ1) is 37.7. The van der Waals surface area contributed by atoms with Gasteiger partial charge in [0.2, 0.25) is 0 Å². The van der Waals surface area contributed by atoms with Crippen LogP contribution in [0.1, 0.15) is 168 Å². The first-order valence-corrected chi connectivity index (χ1v) is 23.5. The fourth-order valence-corrected chi connectivity index (χ4v) is 20.5. The molecule has 8 aliphatic carbocycles. The lowest BCUT2D eigenvalue weighted by Gasteiger charge is -2.67. The molecule has 0 radical (unpaired) electrons. The molecule has 286 valence electrons. The summed E-state index contributed by atoms with van der Waals surface area (Å²) in [5.41, 5.74) is 4.99. The molecule has 8 saturated carbocycles. The van der Waals surface area contributed by atoms with Gasteiger partial charge in [0.05, 0.1) is 17.9 Å². The van der Waals surface area contributed by atoms with E-state index in [1.54, 1.807) is 5.30 Å². The Bertz CT molecular complexity index is 1560. The first-order valence-electron chi connectivity index (χ1n) is 21.1. The topological polar surface area (TPSA) is 29.5 Å². The molecular formula is C47H70NO2PS. The van der Waals surface area contributed by atoms with Crippen molar-refractivity contribution in [1.82, 2.24) is 4.31 Å². The summed E-state index contributed by atoms with van der Waals surface area (Å²) in [4.78, 5) is 0. The van der Waals surface area contributed by atoms with E-state index in [-0.39, 0.29) is 21.6 Å². The highest BCUT2D eigenvalue weighted by atomic mass is 32.2. The van der Waals surface area contributed by atoms with Gasteiger partial charge in [-0.25, -0.2) is 8.51 Å². The number of methoxy groups -OCH3 is 1. The second-order valence-electron chi connectivity index (χ2n) is 22.1. The van der Waals surface area contributed by atoms with Gasteiger partial charge in [-0.3, -0.25) is 0 Å². The molecule has 0 heterocycles. The fourth-order valence-electron chi connectivity index (χ4n) is 13.9. The summed E-state index contributed by atoms with van der Waals surface area (Å²) in [7, 11) is 2.36. The average molecular weight is 744 g/mol. The van der Waals surface area contributed by atoms with Crippen molar-refractivity contribution >= 4 is 24.2 Å². The van der Waals surface area contributed by atoms with E-state index in [0.29, 0.717) is 10.3 Å². The zero-order chi connectivity index (χ0) is 37.2. The van der Waals surface area contributed by atoms with Crippen LogP contribution in [0.3, 0.4) is 0 Å². The van der Waals surface area contributed by atoms with Crippen molar-refractivity contribution in [2.45, 2.75) is 171 Å². The molecule has 0 aliphatic heterocycles. The van der Waals surface area contributed by atoms with Gasteiger partial charge >= 0.3 is 0 Å². The van der Waals surface area contributed by atoms with Crippen molar-refractivity contribution in [3.63, 3.8) is 0 Å². The Labute approximate surface area is 321 Å². The summed E-state index contributed by atoms with van der Waals surface area (Å²) in [6.07, 6.45) is 17.8. The minimum absolute atomic E-state index is 0.113. The fraction of sp³-hybridized carbons (Fsp3) is 0.745. The number of hydrogen-bond acceptors (Lipinski definition) is 2. The Balaban J connectivity index is 1.38. The van der Waals surface area contributed by atoms with Gasteiger partial charge in [0.25, 0.3) is 0 Å². The zero-order valence-corrected chi connectivity index (χ0v) is 36.3. The highest BCUT2D eigenvalue weighted by Crippen LogP contribution is 2.78. The lowest BCUT2D eigenvalue weighted by atomic mass is 9.55. The van der Waals surface area contributed by atoms with Crippen LogP contribution in [0.5, 0.6) is 5.75 Å². The van der Waals surface area contributed by atoms with E-state index in [2.05, 4.69) is 110 Å². The van der Waals surface area contributed by atoms with Gasteiger partial charge in [-0.15, -0.1) is 0 Å². The largest absolute Gasteiger partial charge is 0.496 e. The van der Waals surface area contributed by atoms with Gasteiger partial charge in [-0.1, -0.05) is 73.7 Å². The van der Waals surface area contributed by atoms with E-state index in [1.807, 2.05) is 7.11 Å². The van der Waals surface area contributed by atoms with E-state index in [9.17, 15) is 4.21 Å². The maximum atomic E-state index is 14.8. The van der Waals surface area contributed by atoms with E-state index in [0.717, 1.165) is 41.3 Å². The number of ether oxygens (including phenoxy) is 1. The molecule has 0 spiro atoms. The van der Waals surface area contributed by atoms with E-state index in [1.165, 1.54) is 99.3 Å². The zero-order valence-electron chi connectivity index (χ0n) is 34.6. The smallest absolute Gasteiger partial charge is 0.126 e. The molecule has 3 nitrogen and oxygen atoms in total.